The van der Waals surface area contributed by atoms with Crippen molar-refractivity contribution in [3.8, 4) is 5.75 Å². The van der Waals surface area contributed by atoms with Crippen molar-refractivity contribution in [3.05, 3.63) is 29.8 Å². The molecule has 0 bridgehead atoms. The average Bonchev–Trinajstić information content (AvgIpc) is 3.06. The summed E-state index contributed by atoms with van der Waals surface area (Å²) in [6.07, 6.45) is 1.47. The fourth-order valence-electron chi connectivity index (χ4n) is 3.21. The maximum absolute atomic E-state index is 12.9. The predicted octanol–water partition coefficient (Wildman–Crippen LogP) is 1.55. The molecule has 2 aromatic rings. The molecule has 2 N–H and O–H groups in total. The third kappa shape index (κ3) is 3.42. The van der Waals surface area contributed by atoms with E-state index in [1.54, 1.807) is 10.7 Å². The molecular formula is C17H21N5O4S. The minimum atomic E-state index is -3.80. The van der Waals surface area contributed by atoms with Crippen molar-refractivity contribution in [1.82, 2.24) is 19.5 Å². The first-order valence-electron chi connectivity index (χ1n) is 8.87. The van der Waals surface area contributed by atoms with E-state index in [2.05, 4.69) is 20.1 Å². The Kier molecular flexibility index (Phi) is 4.39. The standard InChI is InChI=1S/C17H21N5O4S/c1-10(2)16-19-17-12(4-3-7-22(17)20-16)21-27(24,25)11-5-6-14-13(8-11)18-15(23)9-26-14/h5-6,8,10,12,21H,3-4,7,9H2,1-2H3,(H,18,23)/t12-/m1/s1. The SMILES string of the molecule is CC(C)c1nc2n(n1)CCC[C@H]2NS(=O)(=O)c1ccc2c(c1)NC(=O)CO2. The van der Waals surface area contributed by atoms with Crippen LogP contribution in [0.15, 0.2) is 23.1 Å². The Morgan fingerprint density at radius 3 is 2.96 bits per heavy atom. The highest BCUT2D eigenvalue weighted by Crippen LogP contribution is 2.31. The van der Waals surface area contributed by atoms with E-state index >= 15 is 0 Å². The number of aromatic nitrogens is 3. The van der Waals surface area contributed by atoms with Gasteiger partial charge in [-0.3, -0.25) is 4.79 Å². The van der Waals surface area contributed by atoms with Crippen LogP contribution in [0.4, 0.5) is 5.69 Å². The summed E-state index contributed by atoms with van der Waals surface area (Å²) in [5.41, 5.74) is 0.350. The van der Waals surface area contributed by atoms with Gasteiger partial charge in [-0.1, -0.05) is 13.8 Å². The van der Waals surface area contributed by atoms with Crippen LogP contribution < -0.4 is 14.8 Å². The van der Waals surface area contributed by atoms with E-state index in [0.717, 1.165) is 13.0 Å². The van der Waals surface area contributed by atoms with Crippen molar-refractivity contribution in [2.75, 3.05) is 11.9 Å². The monoisotopic (exact) mass is 391 g/mol. The lowest BCUT2D eigenvalue weighted by atomic mass is 10.1. The van der Waals surface area contributed by atoms with Crippen molar-refractivity contribution < 1.29 is 17.9 Å². The molecule has 0 saturated heterocycles. The lowest BCUT2D eigenvalue weighted by molar-refractivity contribution is -0.118. The lowest BCUT2D eigenvalue weighted by Gasteiger charge is -2.23. The fraction of sp³-hybridized carbons (Fsp3) is 0.471. The number of amides is 1. The number of ether oxygens (including phenoxy) is 1. The molecule has 27 heavy (non-hydrogen) atoms. The Morgan fingerprint density at radius 2 is 2.19 bits per heavy atom. The van der Waals surface area contributed by atoms with E-state index in [-0.39, 0.29) is 23.3 Å². The van der Waals surface area contributed by atoms with E-state index in [1.165, 1.54) is 12.1 Å². The van der Waals surface area contributed by atoms with Crippen LogP contribution in [0.2, 0.25) is 0 Å². The number of nitrogens with one attached hydrogen (secondary N) is 2. The fourth-order valence-corrected chi connectivity index (χ4v) is 4.46. The summed E-state index contributed by atoms with van der Waals surface area (Å²) >= 11 is 0. The molecular weight excluding hydrogens is 370 g/mol. The molecule has 0 fully saturated rings. The van der Waals surface area contributed by atoms with Gasteiger partial charge in [0.15, 0.2) is 12.4 Å². The molecule has 9 nitrogen and oxygen atoms in total. The molecule has 10 heteroatoms. The van der Waals surface area contributed by atoms with Gasteiger partial charge in [-0.05, 0) is 31.0 Å². The molecule has 0 aliphatic carbocycles. The average molecular weight is 391 g/mol. The van der Waals surface area contributed by atoms with Crippen LogP contribution in [0, 0.1) is 0 Å². The van der Waals surface area contributed by atoms with Gasteiger partial charge < -0.3 is 10.1 Å². The number of rotatable bonds is 4. The zero-order chi connectivity index (χ0) is 19.2. The first-order valence-corrected chi connectivity index (χ1v) is 10.4. The van der Waals surface area contributed by atoms with Crippen LogP contribution in [0.1, 0.15) is 50.3 Å². The summed E-state index contributed by atoms with van der Waals surface area (Å²) in [6, 6.07) is 3.97. The van der Waals surface area contributed by atoms with E-state index in [1.807, 2.05) is 13.8 Å². The highest BCUT2D eigenvalue weighted by molar-refractivity contribution is 7.89. The summed E-state index contributed by atoms with van der Waals surface area (Å²) in [5, 5.41) is 7.10. The molecule has 0 saturated carbocycles. The Bertz CT molecular complexity index is 999. The van der Waals surface area contributed by atoms with Gasteiger partial charge in [-0.25, -0.2) is 22.8 Å². The quantitative estimate of drug-likeness (QED) is 0.817. The molecule has 2 aliphatic heterocycles. The first-order chi connectivity index (χ1) is 12.8. The normalized spacial score (nSPS) is 19.2. The number of fused-ring (bicyclic) bond motifs is 2. The number of benzene rings is 1. The molecule has 144 valence electrons. The molecule has 0 unspecified atom stereocenters. The Balaban J connectivity index is 1.61. The van der Waals surface area contributed by atoms with Crippen molar-refractivity contribution in [2.24, 2.45) is 0 Å². The molecule has 3 heterocycles. The van der Waals surface area contributed by atoms with E-state index < -0.39 is 16.1 Å². The maximum atomic E-state index is 12.9. The highest BCUT2D eigenvalue weighted by Gasteiger charge is 2.30. The number of carbonyl (C=O) groups is 1. The van der Waals surface area contributed by atoms with E-state index in [9.17, 15) is 13.2 Å². The topological polar surface area (TPSA) is 115 Å². The number of sulfonamides is 1. The van der Waals surface area contributed by atoms with Gasteiger partial charge in [0, 0.05) is 12.5 Å². The van der Waals surface area contributed by atoms with Crippen LogP contribution in [0.5, 0.6) is 5.75 Å². The second kappa shape index (κ2) is 6.61. The van der Waals surface area contributed by atoms with E-state index in [4.69, 9.17) is 4.74 Å². The molecule has 0 spiro atoms. The minimum absolute atomic E-state index is 0.0628. The molecule has 4 rings (SSSR count). The second-order valence-electron chi connectivity index (χ2n) is 7.02. The van der Waals surface area contributed by atoms with Crippen molar-refractivity contribution in [3.63, 3.8) is 0 Å². The number of carbonyl (C=O) groups excluding carboxylic acids is 1. The van der Waals surface area contributed by atoms with Crippen molar-refractivity contribution in [2.45, 2.75) is 50.1 Å². The summed E-state index contributed by atoms with van der Waals surface area (Å²) in [5.74, 6) is 1.66. The van der Waals surface area contributed by atoms with Crippen LogP contribution in [0.3, 0.4) is 0 Å². The van der Waals surface area contributed by atoms with Gasteiger partial charge in [-0.15, -0.1) is 0 Å². The Labute approximate surface area is 157 Å². The summed E-state index contributed by atoms with van der Waals surface area (Å²) in [4.78, 5) is 16.1. The third-order valence-electron chi connectivity index (χ3n) is 4.60. The third-order valence-corrected chi connectivity index (χ3v) is 6.07. The number of nitrogens with zero attached hydrogens (tertiary/aromatic N) is 3. The molecule has 1 aromatic heterocycles. The maximum Gasteiger partial charge on any atom is 0.262 e. The van der Waals surface area contributed by atoms with Gasteiger partial charge in [0.05, 0.1) is 16.6 Å². The van der Waals surface area contributed by atoms with Gasteiger partial charge in [-0.2, -0.15) is 5.10 Å². The summed E-state index contributed by atoms with van der Waals surface area (Å²) in [7, 11) is -3.80. The molecule has 2 aliphatic rings. The smallest absolute Gasteiger partial charge is 0.262 e. The predicted molar refractivity (Wildman–Crippen MR) is 97.0 cm³/mol. The van der Waals surface area contributed by atoms with Gasteiger partial charge >= 0.3 is 0 Å². The summed E-state index contributed by atoms with van der Waals surface area (Å²) in [6.45, 7) is 4.66. The van der Waals surface area contributed by atoms with Gasteiger partial charge in [0.2, 0.25) is 10.0 Å². The largest absolute Gasteiger partial charge is 0.482 e. The van der Waals surface area contributed by atoms with Crippen LogP contribution in [-0.4, -0.2) is 35.7 Å². The molecule has 0 radical (unpaired) electrons. The Morgan fingerprint density at radius 1 is 1.37 bits per heavy atom. The van der Waals surface area contributed by atoms with Crippen molar-refractivity contribution in [1.29, 1.82) is 0 Å². The van der Waals surface area contributed by atoms with Crippen LogP contribution in [0.25, 0.3) is 0 Å². The van der Waals surface area contributed by atoms with Gasteiger partial charge in [0.25, 0.3) is 5.91 Å². The Hall–Kier alpha value is -2.46. The van der Waals surface area contributed by atoms with Crippen LogP contribution >= 0.6 is 0 Å². The molecule has 1 aromatic carbocycles. The lowest BCUT2D eigenvalue weighted by Crippen LogP contribution is -2.33. The molecule has 1 amide bonds. The summed E-state index contributed by atoms with van der Waals surface area (Å²) < 4.78 is 35.6. The number of anilines is 1. The number of hydrogen-bond donors (Lipinski definition) is 2. The second-order valence-corrected chi connectivity index (χ2v) is 8.73. The zero-order valence-corrected chi connectivity index (χ0v) is 15.9. The number of hydrogen-bond acceptors (Lipinski definition) is 6. The number of aryl methyl sites for hydroxylation is 1. The van der Waals surface area contributed by atoms with Crippen LogP contribution in [-0.2, 0) is 21.4 Å². The molecule has 1 atom stereocenters. The van der Waals surface area contributed by atoms with Crippen molar-refractivity contribution >= 4 is 21.6 Å². The van der Waals surface area contributed by atoms with Gasteiger partial charge in [0.1, 0.15) is 11.6 Å². The highest BCUT2D eigenvalue weighted by atomic mass is 32.2. The first kappa shape index (κ1) is 17.9. The van der Waals surface area contributed by atoms with E-state index in [0.29, 0.717) is 29.5 Å². The minimum Gasteiger partial charge on any atom is -0.482 e. The zero-order valence-electron chi connectivity index (χ0n) is 15.1.